The van der Waals surface area contributed by atoms with Gasteiger partial charge in [0.25, 0.3) is 0 Å². The SMILES string of the molecule is CC(C)(O)C1CCC(CCO)C1. The van der Waals surface area contributed by atoms with Crippen LogP contribution in [0.4, 0.5) is 0 Å². The van der Waals surface area contributed by atoms with Crippen LogP contribution in [0.2, 0.25) is 0 Å². The van der Waals surface area contributed by atoms with Crippen molar-refractivity contribution in [1.82, 2.24) is 0 Å². The Hall–Kier alpha value is -0.0800. The maximum atomic E-state index is 9.74. The van der Waals surface area contributed by atoms with Gasteiger partial charge in [0, 0.05) is 6.61 Å². The zero-order chi connectivity index (χ0) is 9.19. The fraction of sp³-hybridized carbons (Fsp3) is 1.00. The van der Waals surface area contributed by atoms with E-state index in [0.717, 1.165) is 19.3 Å². The first-order valence-corrected chi connectivity index (χ1v) is 4.87. The highest BCUT2D eigenvalue weighted by Crippen LogP contribution is 2.38. The normalized spacial score (nSPS) is 31.0. The minimum absolute atomic E-state index is 0.295. The highest BCUT2D eigenvalue weighted by Gasteiger charge is 2.33. The van der Waals surface area contributed by atoms with Crippen LogP contribution >= 0.6 is 0 Å². The molecule has 2 N–H and O–H groups in total. The minimum Gasteiger partial charge on any atom is -0.396 e. The third kappa shape index (κ3) is 2.46. The molecule has 0 radical (unpaired) electrons. The molecule has 1 aliphatic rings. The van der Waals surface area contributed by atoms with Crippen molar-refractivity contribution in [3.05, 3.63) is 0 Å². The van der Waals surface area contributed by atoms with Gasteiger partial charge in [0.15, 0.2) is 0 Å². The predicted octanol–water partition coefficient (Wildman–Crippen LogP) is 1.56. The lowest BCUT2D eigenvalue weighted by molar-refractivity contribution is 0.0178. The summed E-state index contributed by atoms with van der Waals surface area (Å²) in [5.74, 6) is 1.08. The fourth-order valence-electron chi connectivity index (χ4n) is 2.16. The summed E-state index contributed by atoms with van der Waals surface area (Å²) in [5, 5.41) is 18.5. The Morgan fingerprint density at radius 2 is 2.00 bits per heavy atom. The molecule has 12 heavy (non-hydrogen) atoms. The largest absolute Gasteiger partial charge is 0.396 e. The van der Waals surface area contributed by atoms with Gasteiger partial charge in [-0.05, 0) is 51.4 Å². The fourth-order valence-corrected chi connectivity index (χ4v) is 2.16. The van der Waals surface area contributed by atoms with Crippen molar-refractivity contribution < 1.29 is 10.2 Å². The molecule has 2 heteroatoms. The summed E-state index contributed by atoms with van der Waals surface area (Å²) in [5.41, 5.74) is -0.524. The average Bonchev–Trinajstić information content (AvgIpc) is 2.35. The second-order valence-electron chi connectivity index (χ2n) is 4.54. The van der Waals surface area contributed by atoms with Gasteiger partial charge < -0.3 is 10.2 Å². The molecule has 0 aromatic heterocycles. The number of aliphatic hydroxyl groups is 2. The van der Waals surface area contributed by atoms with Gasteiger partial charge in [-0.15, -0.1) is 0 Å². The molecule has 0 saturated heterocycles. The quantitative estimate of drug-likeness (QED) is 0.678. The van der Waals surface area contributed by atoms with Crippen LogP contribution in [-0.2, 0) is 0 Å². The van der Waals surface area contributed by atoms with Crippen LogP contribution < -0.4 is 0 Å². The van der Waals surface area contributed by atoms with Crippen molar-refractivity contribution in [2.45, 2.75) is 45.1 Å². The molecule has 2 unspecified atom stereocenters. The van der Waals surface area contributed by atoms with E-state index in [1.54, 1.807) is 0 Å². The molecule has 0 aromatic rings. The Kier molecular flexibility index (Phi) is 3.13. The molecule has 0 bridgehead atoms. The smallest absolute Gasteiger partial charge is 0.0619 e. The summed E-state index contributed by atoms with van der Waals surface area (Å²) in [4.78, 5) is 0. The van der Waals surface area contributed by atoms with E-state index in [9.17, 15) is 5.11 Å². The Bertz CT molecular complexity index is 137. The molecular weight excluding hydrogens is 152 g/mol. The summed E-state index contributed by atoms with van der Waals surface area (Å²) in [6.45, 7) is 4.07. The first-order valence-electron chi connectivity index (χ1n) is 4.87. The second-order valence-corrected chi connectivity index (χ2v) is 4.54. The van der Waals surface area contributed by atoms with Crippen molar-refractivity contribution >= 4 is 0 Å². The molecule has 0 aliphatic heterocycles. The third-order valence-corrected chi connectivity index (χ3v) is 3.08. The molecule has 72 valence electrons. The molecule has 0 amide bonds. The van der Waals surface area contributed by atoms with E-state index in [1.807, 2.05) is 13.8 Å². The van der Waals surface area contributed by atoms with Crippen LogP contribution in [0.15, 0.2) is 0 Å². The summed E-state index contributed by atoms with van der Waals surface area (Å²) < 4.78 is 0. The first kappa shape index (κ1) is 10.0. The third-order valence-electron chi connectivity index (χ3n) is 3.08. The van der Waals surface area contributed by atoms with Crippen molar-refractivity contribution in [1.29, 1.82) is 0 Å². The monoisotopic (exact) mass is 172 g/mol. The minimum atomic E-state index is -0.524. The van der Waals surface area contributed by atoms with Gasteiger partial charge >= 0.3 is 0 Å². The average molecular weight is 172 g/mol. The summed E-state index contributed by atoms with van der Waals surface area (Å²) in [6.07, 6.45) is 4.29. The Labute approximate surface area is 74.6 Å². The van der Waals surface area contributed by atoms with Crippen LogP contribution in [-0.4, -0.2) is 22.4 Å². The van der Waals surface area contributed by atoms with Crippen molar-refractivity contribution in [2.24, 2.45) is 11.8 Å². The van der Waals surface area contributed by atoms with Crippen molar-refractivity contribution in [3.8, 4) is 0 Å². The van der Waals surface area contributed by atoms with E-state index >= 15 is 0 Å². The van der Waals surface area contributed by atoms with Crippen LogP contribution in [0.3, 0.4) is 0 Å². The van der Waals surface area contributed by atoms with Gasteiger partial charge in [0.05, 0.1) is 5.60 Å². The second kappa shape index (κ2) is 3.75. The molecule has 1 fully saturated rings. The number of aliphatic hydroxyl groups excluding tert-OH is 1. The van der Waals surface area contributed by atoms with E-state index in [4.69, 9.17) is 5.11 Å². The van der Waals surface area contributed by atoms with E-state index in [0.29, 0.717) is 18.4 Å². The van der Waals surface area contributed by atoms with Gasteiger partial charge in [-0.25, -0.2) is 0 Å². The number of hydrogen-bond donors (Lipinski definition) is 2. The summed E-state index contributed by atoms with van der Waals surface area (Å²) in [7, 11) is 0. The van der Waals surface area contributed by atoms with E-state index in [1.165, 1.54) is 6.42 Å². The van der Waals surface area contributed by atoms with Gasteiger partial charge in [-0.3, -0.25) is 0 Å². The van der Waals surface area contributed by atoms with Crippen molar-refractivity contribution in [2.75, 3.05) is 6.61 Å². The first-order chi connectivity index (χ1) is 5.54. The number of rotatable bonds is 3. The molecule has 2 nitrogen and oxygen atoms in total. The molecule has 2 atom stereocenters. The maximum Gasteiger partial charge on any atom is 0.0619 e. The van der Waals surface area contributed by atoms with Crippen molar-refractivity contribution in [3.63, 3.8) is 0 Å². The lowest BCUT2D eigenvalue weighted by Gasteiger charge is -2.25. The molecule has 1 rings (SSSR count). The number of hydrogen-bond acceptors (Lipinski definition) is 2. The molecular formula is C10H20O2. The summed E-state index contributed by atoms with van der Waals surface area (Å²) in [6, 6.07) is 0. The van der Waals surface area contributed by atoms with Gasteiger partial charge in [0.1, 0.15) is 0 Å². The lowest BCUT2D eigenvalue weighted by Crippen LogP contribution is -2.28. The highest BCUT2D eigenvalue weighted by atomic mass is 16.3. The maximum absolute atomic E-state index is 9.74. The highest BCUT2D eigenvalue weighted by molar-refractivity contribution is 4.85. The van der Waals surface area contributed by atoms with Gasteiger partial charge in [0.2, 0.25) is 0 Å². The van der Waals surface area contributed by atoms with E-state index < -0.39 is 5.60 Å². The summed E-state index contributed by atoms with van der Waals surface area (Å²) >= 11 is 0. The van der Waals surface area contributed by atoms with E-state index in [-0.39, 0.29) is 0 Å². The zero-order valence-electron chi connectivity index (χ0n) is 8.08. The molecule has 0 heterocycles. The van der Waals surface area contributed by atoms with Crippen LogP contribution in [0.25, 0.3) is 0 Å². The van der Waals surface area contributed by atoms with Gasteiger partial charge in [-0.2, -0.15) is 0 Å². The topological polar surface area (TPSA) is 40.5 Å². The lowest BCUT2D eigenvalue weighted by atomic mass is 9.88. The van der Waals surface area contributed by atoms with Crippen LogP contribution in [0.1, 0.15) is 39.5 Å². The Morgan fingerprint density at radius 1 is 1.33 bits per heavy atom. The standard InChI is InChI=1S/C10H20O2/c1-10(2,12)9-4-3-8(7-9)5-6-11/h8-9,11-12H,3-7H2,1-2H3. The van der Waals surface area contributed by atoms with Crippen LogP contribution in [0.5, 0.6) is 0 Å². The Morgan fingerprint density at radius 3 is 2.42 bits per heavy atom. The molecule has 0 spiro atoms. The molecule has 1 saturated carbocycles. The van der Waals surface area contributed by atoms with Crippen LogP contribution in [0, 0.1) is 11.8 Å². The molecule has 0 aromatic carbocycles. The van der Waals surface area contributed by atoms with E-state index in [2.05, 4.69) is 0 Å². The Balaban J connectivity index is 2.35. The predicted molar refractivity (Wildman–Crippen MR) is 48.8 cm³/mol. The molecule has 1 aliphatic carbocycles. The van der Waals surface area contributed by atoms with Gasteiger partial charge in [-0.1, -0.05) is 0 Å². The zero-order valence-corrected chi connectivity index (χ0v) is 8.08.